The molecule has 1 saturated carbocycles. The quantitative estimate of drug-likeness (QED) is 0.638. The van der Waals surface area contributed by atoms with Crippen molar-refractivity contribution in [3.8, 4) is 0 Å². The third kappa shape index (κ3) is 6.58. The Bertz CT molecular complexity index is 249. The van der Waals surface area contributed by atoms with Gasteiger partial charge in [-0.2, -0.15) is 0 Å². The molecule has 1 aliphatic rings. The lowest BCUT2D eigenvalue weighted by atomic mass is 9.76. The first-order valence-corrected chi connectivity index (χ1v) is 8.80. The van der Waals surface area contributed by atoms with E-state index in [0.29, 0.717) is 0 Å². The van der Waals surface area contributed by atoms with E-state index in [-0.39, 0.29) is 11.1 Å². The molecule has 0 radical (unpaired) electrons. The van der Waals surface area contributed by atoms with Crippen LogP contribution in [0.4, 0.5) is 0 Å². The molecular formula is C18H37NO. The molecule has 2 heteroatoms. The summed E-state index contributed by atoms with van der Waals surface area (Å²) in [6, 6.07) is 0. The molecule has 0 amide bonds. The van der Waals surface area contributed by atoms with Gasteiger partial charge in [-0.15, -0.1) is 0 Å². The van der Waals surface area contributed by atoms with Gasteiger partial charge in [-0.25, -0.2) is 0 Å². The molecule has 0 unspecified atom stereocenters. The van der Waals surface area contributed by atoms with Crippen molar-refractivity contribution in [3.05, 3.63) is 0 Å². The highest BCUT2D eigenvalue weighted by atomic mass is 16.5. The van der Waals surface area contributed by atoms with Gasteiger partial charge < -0.3 is 10.1 Å². The predicted octanol–water partition coefficient (Wildman–Crippen LogP) is 4.92. The molecule has 0 aromatic heterocycles. The van der Waals surface area contributed by atoms with Gasteiger partial charge in [-0.1, -0.05) is 33.1 Å². The van der Waals surface area contributed by atoms with Crippen molar-refractivity contribution in [2.75, 3.05) is 13.2 Å². The van der Waals surface area contributed by atoms with Gasteiger partial charge in [0.25, 0.3) is 0 Å². The zero-order valence-electron chi connectivity index (χ0n) is 14.6. The van der Waals surface area contributed by atoms with Crippen LogP contribution in [-0.4, -0.2) is 24.3 Å². The van der Waals surface area contributed by atoms with Crippen LogP contribution in [0, 0.1) is 5.92 Å². The number of ether oxygens (including phenoxy) is 1. The van der Waals surface area contributed by atoms with E-state index >= 15 is 0 Å². The van der Waals surface area contributed by atoms with Crippen LogP contribution in [0.3, 0.4) is 0 Å². The van der Waals surface area contributed by atoms with E-state index in [0.717, 1.165) is 19.1 Å². The Hall–Kier alpha value is -0.0800. The minimum Gasteiger partial charge on any atom is -0.374 e. The van der Waals surface area contributed by atoms with E-state index in [4.69, 9.17) is 4.74 Å². The third-order valence-corrected chi connectivity index (χ3v) is 4.56. The maximum absolute atomic E-state index is 6.37. The highest BCUT2D eigenvalue weighted by Gasteiger charge is 2.36. The third-order valence-electron chi connectivity index (χ3n) is 4.56. The molecule has 0 aromatic carbocycles. The minimum atomic E-state index is 0.104. The van der Waals surface area contributed by atoms with Crippen LogP contribution in [0.5, 0.6) is 0 Å². The highest BCUT2D eigenvalue weighted by Crippen LogP contribution is 2.37. The molecule has 0 aliphatic heterocycles. The normalized spacial score (nSPS) is 27.8. The van der Waals surface area contributed by atoms with E-state index in [1.54, 1.807) is 0 Å². The van der Waals surface area contributed by atoms with Crippen LogP contribution in [0.15, 0.2) is 0 Å². The summed E-state index contributed by atoms with van der Waals surface area (Å²) in [5.41, 5.74) is 0.286. The summed E-state index contributed by atoms with van der Waals surface area (Å²) >= 11 is 0. The second-order valence-corrected chi connectivity index (χ2v) is 7.72. The molecule has 0 spiro atoms. The van der Waals surface area contributed by atoms with Crippen molar-refractivity contribution < 1.29 is 4.74 Å². The average molecular weight is 284 g/mol. The fourth-order valence-electron chi connectivity index (χ4n) is 3.13. The molecular weight excluding hydrogens is 246 g/mol. The second-order valence-electron chi connectivity index (χ2n) is 7.72. The van der Waals surface area contributed by atoms with Gasteiger partial charge in [-0.3, -0.25) is 0 Å². The van der Waals surface area contributed by atoms with E-state index in [1.165, 1.54) is 51.4 Å². The Morgan fingerprint density at radius 1 is 1.10 bits per heavy atom. The lowest BCUT2D eigenvalue weighted by Gasteiger charge is -2.42. The topological polar surface area (TPSA) is 21.3 Å². The number of unbranched alkanes of at least 4 members (excludes halogenated alkanes) is 1. The van der Waals surface area contributed by atoms with Crippen molar-refractivity contribution in [3.63, 3.8) is 0 Å². The fourth-order valence-corrected chi connectivity index (χ4v) is 3.13. The van der Waals surface area contributed by atoms with Crippen molar-refractivity contribution in [1.29, 1.82) is 0 Å². The van der Waals surface area contributed by atoms with Gasteiger partial charge in [0, 0.05) is 18.7 Å². The molecule has 0 bridgehead atoms. The standard InChI is InChI=1S/C18H37NO/c1-6-8-14-20-18(15-19-17(3,4)5)12-10-16(9-7-2)11-13-18/h16,19H,6-15H2,1-5H3. The number of nitrogens with one attached hydrogen (secondary N) is 1. The van der Waals surface area contributed by atoms with Gasteiger partial charge in [-0.05, 0) is 58.8 Å². The lowest BCUT2D eigenvalue weighted by Crippen LogP contribution is -2.51. The summed E-state index contributed by atoms with van der Waals surface area (Å²) in [6.45, 7) is 13.2. The van der Waals surface area contributed by atoms with Gasteiger partial charge in [0.1, 0.15) is 0 Å². The molecule has 0 aromatic rings. The highest BCUT2D eigenvalue weighted by molar-refractivity contribution is 4.91. The zero-order valence-corrected chi connectivity index (χ0v) is 14.6. The molecule has 1 rings (SSSR count). The van der Waals surface area contributed by atoms with Crippen LogP contribution in [0.1, 0.15) is 86.0 Å². The van der Waals surface area contributed by atoms with Crippen molar-refractivity contribution in [2.24, 2.45) is 5.92 Å². The first-order valence-electron chi connectivity index (χ1n) is 8.80. The Morgan fingerprint density at radius 3 is 2.25 bits per heavy atom. The second kappa shape index (κ2) is 8.38. The smallest absolute Gasteiger partial charge is 0.0806 e. The predicted molar refractivity (Wildman–Crippen MR) is 88.2 cm³/mol. The molecule has 0 heterocycles. The Morgan fingerprint density at radius 2 is 1.75 bits per heavy atom. The number of hydrogen-bond donors (Lipinski definition) is 1. The summed E-state index contributed by atoms with van der Waals surface area (Å²) in [4.78, 5) is 0. The molecule has 0 atom stereocenters. The SMILES string of the molecule is CCCCOC1(CNC(C)(C)C)CCC(CCC)CC1. The summed E-state index contributed by atoms with van der Waals surface area (Å²) in [5.74, 6) is 0.942. The molecule has 2 nitrogen and oxygen atoms in total. The van der Waals surface area contributed by atoms with E-state index in [1.807, 2.05) is 0 Å². The maximum atomic E-state index is 6.37. The fraction of sp³-hybridized carbons (Fsp3) is 1.00. The van der Waals surface area contributed by atoms with Gasteiger partial charge in [0.15, 0.2) is 0 Å². The van der Waals surface area contributed by atoms with Gasteiger partial charge >= 0.3 is 0 Å². The van der Waals surface area contributed by atoms with Crippen LogP contribution in [0.25, 0.3) is 0 Å². The summed E-state index contributed by atoms with van der Waals surface area (Å²) in [7, 11) is 0. The molecule has 1 fully saturated rings. The van der Waals surface area contributed by atoms with Crippen LogP contribution in [0.2, 0.25) is 0 Å². The van der Waals surface area contributed by atoms with Crippen molar-refractivity contribution in [1.82, 2.24) is 5.32 Å². The number of hydrogen-bond acceptors (Lipinski definition) is 2. The van der Waals surface area contributed by atoms with Crippen molar-refractivity contribution in [2.45, 2.75) is 97.1 Å². The zero-order chi connectivity index (χ0) is 15.1. The van der Waals surface area contributed by atoms with Crippen LogP contribution >= 0.6 is 0 Å². The van der Waals surface area contributed by atoms with Gasteiger partial charge in [0.2, 0.25) is 0 Å². The van der Waals surface area contributed by atoms with Crippen molar-refractivity contribution >= 4 is 0 Å². The Balaban J connectivity index is 2.52. The average Bonchev–Trinajstić information content (AvgIpc) is 2.39. The van der Waals surface area contributed by atoms with Crippen LogP contribution in [-0.2, 0) is 4.74 Å². The molecule has 1 aliphatic carbocycles. The number of rotatable bonds is 8. The largest absolute Gasteiger partial charge is 0.374 e. The van der Waals surface area contributed by atoms with E-state index in [9.17, 15) is 0 Å². The van der Waals surface area contributed by atoms with Gasteiger partial charge in [0.05, 0.1) is 5.60 Å². The maximum Gasteiger partial charge on any atom is 0.0806 e. The summed E-state index contributed by atoms with van der Waals surface area (Å²) < 4.78 is 6.37. The minimum absolute atomic E-state index is 0.104. The molecule has 20 heavy (non-hydrogen) atoms. The first kappa shape index (κ1) is 18.0. The molecule has 120 valence electrons. The van der Waals surface area contributed by atoms with E-state index in [2.05, 4.69) is 39.9 Å². The monoisotopic (exact) mass is 283 g/mol. The Labute approximate surface area is 127 Å². The lowest BCUT2D eigenvalue weighted by molar-refractivity contribution is -0.0804. The summed E-state index contributed by atoms with van der Waals surface area (Å²) in [5, 5.41) is 3.68. The van der Waals surface area contributed by atoms with Crippen LogP contribution < -0.4 is 5.32 Å². The molecule has 1 N–H and O–H groups in total. The van der Waals surface area contributed by atoms with E-state index < -0.39 is 0 Å². The first-order chi connectivity index (χ1) is 9.41. The Kier molecular flexibility index (Phi) is 7.53. The summed E-state index contributed by atoms with van der Waals surface area (Å²) in [6.07, 6.45) is 10.3. The molecule has 0 saturated heterocycles.